The minimum absolute atomic E-state index is 0.132. The summed E-state index contributed by atoms with van der Waals surface area (Å²) in [5, 5.41) is 3.46. The monoisotopic (exact) mass is 379 g/mol. The third-order valence-corrected chi connectivity index (χ3v) is 4.80. The molecule has 1 aromatic heterocycles. The molecule has 1 heterocycles. The van der Waals surface area contributed by atoms with Crippen LogP contribution in [-0.4, -0.2) is 15.5 Å². The smallest absolute Gasteiger partial charge is 0.262 e. The second-order valence-corrected chi connectivity index (χ2v) is 6.89. The summed E-state index contributed by atoms with van der Waals surface area (Å²) < 4.78 is 1.74. The maximum absolute atomic E-state index is 12.6. The van der Waals surface area contributed by atoms with Gasteiger partial charge in [0.2, 0.25) is 0 Å². The number of rotatable bonds is 5. The number of nitrogens with one attached hydrogen (secondary N) is 2. The number of carbonyl (C=O) groups excluding carboxylic acids is 1. The number of aryl methyl sites for hydroxylation is 1. The zero-order chi connectivity index (χ0) is 19.6. The van der Waals surface area contributed by atoms with Crippen molar-refractivity contribution in [3.63, 3.8) is 0 Å². The summed E-state index contributed by atoms with van der Waals surface area (Å²) in [6.07, 6.45) is 1.62. The molecule has 0 aliphatic rings. The van der Waals surface area contributed by atoms with Crippen molar-refractivity contribution in [2.75, 3.05) is 0 Å². The van der Waals surface area contributed by atoms with Crippen molar-refractivity contribution in [2.24, 2.45) is 0 Å². The molecule has 1 unspecified atom stereocenters. The second kappa shape index (κ2) is 7.72. The average Bonchev–Trinajstić information content (AvgIpc) is 2.65. The predicted molar refractivity (Wildman–Crippen MR) is 111 cm³/mol. The van der Waals surface area contributed by atoms with Crippen LogP contribution in [0.4, 0.5) is 0 Å². The van der Waals surface area contributed by atoms with E-state index < -0.39 is 0 Å². The van der Waals surface area contributed by atoms with E-state index in [2.05, 4.69) is 16.9 Å². The zero-order valence-corrected chi connectivity index (χ0v) is 16.1. The van der Waals surface area contributed by atoms with Crippen LogP contribution in [0, 0.1) is 11.7 Å². The van der Waals surface area contributed by atoms with Crippen LogP contribution in [0.15, 0.2) is 59.9 Å². The fourth-order valence-corrected chi connectivity index (χ4v) is 3.18. The number of hydrogen-bond donors (Lipinski definition) is 2. The lowest BCUT2D eigenvalue weighted by molar-refractivity contribution is 0.0940. The van der Waals surface area contributed by atoms with E-state index in [0.717, 1.165) is 5.56 Å². The first kappa shape index (κ1) is 18.8. The highest BCUT2D eigenvalue weighted by molar-refractivity contribution is 7.71. The van der Waals surface area contributed by atoms with Gasteiger partial charge in [0.05, 0.1) is 16.9 Å². The quantitative estimate of drug-likeness (QED) is 0.519. The topological polar surface area (TPSA) is 66.9 Å². The van der Waals surface area contributed by atoms with Crippen LogP contribution < -0.4 is 10.9 Å². The Morgan fingerprint density at radius 1 is 1.30 bits per heavy atom. The van der Waals surface area contributed by atoms with E-state index in [0.29, 0.717) is 27.8 Å². The van der Waals surface area contributed by atoms with Crippen molar-refractivity contribution in [3.05, 3.63) is 86.9 Å². The summed E-state index contributed by atoms with van der Waals surface area (Å²) >= 11 is 5.24. The molecule has 0 fully saturated rings. The number of fused-ring (bicyclic) bond motifs is 1. The average molecular weight is 379 g/mol. The molecule has 2 N–H and O–H groups in total. The van der Waals surface area contributed by atoms with Crippen LogP contribution in [0.2, 0.25) is 0 Å². The van der Waals surface area contributed by atoms with E-state index in [1.54, 1.807) is 24.3 Å². The Morgan fingerprint density at radius 3 is 2.67 bits per heavy atom. The minimum atomic E-state index is -0.209. The molecule has 2 aromatic carbocycles. The minimum Gasteiger partial charge on any atom is -0.346 e. The van der Waals surface area contributed by atoms with Gasteiger partial charge in [-0.3, -0.25) is 14.2 Å². The maximum atomic E-state index is 12.6. The number of aromatic amines is 1. The van der Waals surface area contributed by atoms with Crippen molar-refractivity contribution < 1.29 is 4.79 Å². The molecule has 0 bridgehead atoms. The third kappa shape index (κ3) is 3.90. The Bertz CT molecular complexity index is 1130. The van der Waals surface area contributed by atoms with Gasteiger partial charge in [0, 0.05) is 12.1 Å². The largest absolute Gasteiger partial charge is 0.346 e. The normalized spacial score (nSPS) is 11.9. The first-order valence-corrected chi connectivity index (χ1v) is 9.06. The summed E-state index contributed by atoms with van der Waals surface area (Å²) in [5.74, 6) is -0.209. The number of allylic oxidation sites excluding steroid dienone is 1. The Morgan fingerprint density at radius 2 is 2.00 bits per heavy atom. The van der Waals surface area contributed by atoms with Crippen LogP contribution in [0.25, 0.3) is 10.9 Å². The SMILES string of the molecule is C=CCn1c(=S)[nH]c2cc(C(=O)NC(C)c3ccc(C)cc3)ccc2c1=O. The molecule has 3 aromatic rings. The number of aromatic nitrogens is 2. The van der Waals surface area contributed by atoms with Gasteiger partial charge < -0.3 is 10.3 Å². The van der Waals surface area contributed by atoms with Crippen molar-refractivity contribution in [1.29, 1.82) is 0 Å². The van der Waals surface area contributed by atoms with E-state index in [1.165, 1.54) is 10.1 Å². The number of nitrogens with zero attached hydrogens (tertiary/aromatic N) is 1. The zero-order valence-electron chi connectivity index (χ0n) is 15.3. The first-order chi connectivity index (χ1) is 12.9. The van der Waals surface area contributed by atoms with E-state index in [4.69, 9.17) is 12.2 Å². The Labute approximate surface area is 162 Å². The lowest BCUT2D eigenvalue weighted by atomic mass is 10.1. The highest BCUT2D eigenvalue weighted by Crippen LogP contribution is 2.16. The Kier molecular flexibility index (Phi) is 5.37. The number of H-pyrrole nitrogens is 1. The molecular weight excluding hydrogens is 358 g/mol. The van der Waals surface area contributed by atoms with Gasteiger partial charge in [-0.1, -0.05) is 35.9 Å². The molecule has 5 nitrogen and oxygen atoms in total. The van der Waals surface area contributed by atoms with Crippen molar-refractivity contribution >= 4 is 29.0 Å². The lowest BCUT2D eigenvalue weighted by Gasteiger charge is -2.15. The standard InChI is InChI=1S/C21H21N3O2S/c1-4-11-24-20(26)17-10-9-16(12-18(17)23-21(24)27)19(25)22-14(3)15-7-5-13(2)6-8-15/h4-10,12,14H,1,11H2,2-3H3,(H,22,25)(H,23,27). The molecule has 0 saturated heterocycles. The van der Waals surface area contributed by atoms with Crippen molar-refractivity contribution in [2.45, 2.75) is 26.4 Å². The lowest BCUT2D eigenvalue weighted by Crippen LogP contribution is -2.27. The molecule has 6 heteroatoms. The van der Waals surface area contributed by atoms with Gasteiger partial charge >= 0.3 is 0 Å². The van der Waals surface area contributed by atoms with Crippen molar-refractivity contribution in [3.8, 4) is 0 Å². The predicted octanol–water partition coefficient (Wildman–Crippen LogP) is 4.04. The van der Waals surface area contributed by atoms with Gasteiger partial charge in [-0.05, 0) is 49.8 Å². The molecule has 138 valence electrons. The summed E-state index contributed by atoms with van der Waals surface area (Å²) in [6.45, 7) is 7.93. The summed E-state index contributed by atoms with van der Waals surface area (Å²) in [7, 11) is 0. The van der Waals surface area contributed by atoms with E-state index in [-0.39, 0.29) is 17.5 Å². The maximum Gasteiger partial charge on any atom is 0.262 e. The molecule has 27 heavy (non-hydrogen) atoms. The highest BCUT2D eigenvalue weighted by Gasteiger charge is 2.13. The summed E-state index contributed by atoms with van der Waals surface area (Å²) in [6, 6.07) is 12.9. The fraction of sp³-hybridized carbons (Fsp3) is 0.190. The van der Waals surface area contributed by atoms with Gasteiger partial charge in [0.1, 0.15) is 0 Å². The van der Waals surface area contributed by atoms with Gasteiger partial charge in [0.25, 0.3) is 11.5 Å². The number of carbonyl (C=O) groups is 1. The molecule has 0 aliphatic carbocycles. The summed E-state index contributed by atoms with van der Waals surface area (Å²) in [5.41, 5.74) is 3.01. The van der Waals surface area contributed by atoms with E-state index >= 15 is 0 Å². The van der Waals surface area contributed by atoms with Crippen molar-refractivity contribution in [1.82, 2.24) is 14.9 Å². The number of hydrogen-bond acceptors (Lipinski definition) is 3. The third-order valence-electron chi connectivity index (χ3n) is 4.48. The number of amides is 1. The molecule has 0 spiro atoms. The van der Waals surface area contributed by atoms with Gasteiger partial charge in [-0.15, -0.1) is 6.58 Å². The number of benzene rings is 2. The van der Waals surface area contributed by atoms with E-state index in [9.17, 15) is 9.59 Å². The van der Waals surface area contributed by atoms with Gasteiger partial charge in [-0.2, -0.15) is 0 Å². The molecule has 0 saturated carbocycles. The van der Waals surface area contributed by atoms with E-state index in [1.807, 2.05) is 38.1 Å². The van der Waals surface area contributed by atoms with Crippen LogP contribution in [-0.2, 0) is 6.54 Å². The fourth-order valence-electron chi connectivity index (χ4n) is 2.91. The molecule has 1 amide bonds. The van der Waals surface area contributed by atoms with Crippen LogP contribution in [0.5, 0.6) is 0 Å². The van der Waals surface area contributed by atoms with Gasteiger partial charge in [-0.25, -0.2) is 0 Å². The van der Waals surface area contributed by atoms with Crippen LogP contribution in [0.1, 0.15) is 34.5 Å². The molecule has 3 rings (SSSR count). The molecule has 1 atom stereocenters. The molecule has 0 radical (unpaired) electrons. The van der Waals surface area contributed by atoms with Crippen LogP contribution >= 0.6 is 12.2 Å². The first-order valence-electron chi connectivity index (χ1n) is 8.66. The second-order valence-electron chi connectivity index (χ2n) is 6.50. The molecule has 0 aliphatic heterocycles. The summed E-state index contributed by atoms with van der Waals surface area (Å²) in [4.78, 5) is 28.2. The Hall–Kier alpha value is -2.99. The Balaban J connectivity index is 1.90. The van der Waals surface area contributed by atoms with Crippen LogP contribution in [0.3, 0.4) is 0 Å². The highest BCUT2D eigenvalue weighted by atomic mass is 32.1. The van der Waals surface area contributed by atoms with Gasteiger partial charge in [0.15, 0.2) is 4.77 Å². The molecular formula is C21H21N3O2S.